The molecule has 0 amide bonds. The number of hydrogen-bond acceptors (Lipinski definition) is 3. The van der Waals surface area contributed by atoms with Crippen molar-refractivity contribution < 1.29 is 14.6 Å². The molecule has 0 aliphatic rings. The Morgan fingerprint density at radius 3 is 2.44 bits per heavy atom. The monoisotopic (exact) mass is 432 g/mol. The lowest BCUT2D eigenvalue weighted by molar-refractivity contribution is 0.0697. The molecule has 0 aliphatic heterocycles. The van der Waals surface area contributed by atoms with E-state index in [1.165, 1.54) is 17.7 Å². The second kappa shape index (κ2) is 13.7. The molecule has 0 radical (unpaired) electrons. The molecule has 0 fully saturated rings. The number of imidazole rings is 1. The first-order valence-electron chi connectivity index (χ1n) is 11.0. The minimum absolute atomic E-state index is 0.237. The zero-order valence-electron chi connectivity index (χ0n) is 19.1. The lowest BCUT2D eigenvalue weighted by Gasteiger charge is -2.12. The summed E-state index contributed by atoms with van der Waals surface area (Å²) in [6.45, 7) is 7.13. The predicted molar refractivity (Wildman–Crippen MR) is 130 cm³/mol. The fraction of sp³-hybridized carbons (Fsp3) is 0.259. The van der Waals surface area contributed by atoms with Crippen LogP contribution in [0.2, 0.25) is 0 Å². The van der Waals surface area contributed by atoms with Gasteiger partial charge in [-0.25, -0.2) is 9.78 Å². The van der Waals surface area contributed by atoms with Gasteiger partial charge < -0.3 is 14.4 Å². The molecular weight excluding hydrogens is 400 g/mol. The minimum atomic E-state index is -0.951. The number of nitrogens with zero attached hydrogens (tertiary/aromatic N) is 2. The Morgan fingerprint density at radius 2 is 1.78 bits per heavy atom. The summed E-state index contributed by atoms with van der Waals surface area (Å²) in [5, 5.41) is 9.01. The van der Waals surface area contributed by atoms with Crippen molar-refractivity contribution in [3.8, 4) is 5.75 Å². The molecule has 0 saturated heterocycles. The Kier molecular flexibility index (Phi) is 10.5. The maximum absolute atomic E-state index is 11.0. The third-order valence-corrected chi connectivity index (χ3v) is 4.70. The Bertz CT molecular complexity index is 1000. The topological polar surface area (TPSA) is 64.3 Å². The third-order valence-electron chi connectivity index (χ3n) is 4.70. The van der Waals surface area contributed by atoms with E-state index in [0.29, 0.717) is 12.4 Å². The number of benzene rings is 2. The predicted octanol–water partition coefficient (Wildman–Crippen LogP) is 6.41. The summed E-state index contributed by atoms with van der Waals surface area (Å²) in [7, 11) is 0. The number of ether oxygens (including phenoxy) is 1. The lowest BCUT2D eigenvalue weighted by Crippen LogP contribution is -2.10. The van der Waals surface area contributed by atoms with Crippen LogP contribution in [-0.4, -0.2) is 20.6 Å². The van der Waals surface area contributed by atoms with E-state index < -0.39 is 5.97 Å². The Balaban J connectivity index is 0.00000176. The van der Waals surface area contributed by atoms with Gasteiger partial charge in [-0.3, -0.25) is 0 Å². The first kappa shape index (κ1) is 24.7. The summed E-state index contributed by atoms with van der Waals surface area (Å²) in [6, 6.07) is 16.8. The number of carbonyl (C=O) groups is 1. The van der Waals surface area contributed by atoms with Crippen LogP contribution in [0.25, 0.3) is 6.08 Å². The molecular formula is C27H32N2O3. The molecule has 168 valence electrons. The van der Waals surface area contributed by atoms with Gasteiger partial charge in [0.25, 0.3) is 0 Å². The van der Waals surface area contributed by atoms with Crippen LogP contribution in [0, 0.1) is 0 Å². The van der Waals surface area contributed by atoms with Crippen LogP contribution >= 0.6 is 0 Å². The zero-order chi connectivity index (χ0) is 23.2. The second-order valence-electron chi connectivity index (χ2n) is 6.84. The van der Waals surface area contributed by atoms with Crippen molar-refractivity contribution in [2.75, 3.05) is 0 Å². The molecule has 0 aliphatic carbocycles. The Hall–Kier alpha value is -3.60. The van der Waals surface area contributed by atoms with E-state index in [2.05, 4.69) is 33.8 Å². The van der Waals surface area contributed by atoms with E-state index in [0.717, 1.165) is 30.9 Å². The van der Waals surface area contributed by atoms with Crippen LogP contribution < -0.4 is 4.74 Å². The molecule has 0 bridgehead atoms. The number of carboxylic acid groups (broad SMARTS) is 1. The highest BCUT2D eigenvalue weighted by atomic mass is 16.5. The van der Waals surface area contributed by atoms with Crippen molar-refractivity contribution in [1.29, 1.82) is 0 Å². The number of rotatable bonds is 10. The van der Waals surface area contributed by atoms with Crippen molar-refractivity contribution in [3.63, 3.8) is 0 Å². The number of aromatic carboxylic acids is 1. The van der Waals surface area contributed by atoms with E-state index in [-0.39, 0.29) is 5.56 Å². The Morgan fingerprint density at radius 1 is 1.06 bits per heavy atom. The summed E-state index contributed by atoms with van der Waals surface area (Å²) >= 11 is 0. The molecule has 2 aromatic carbocycles. The van der Waals surface area contributed by atoms with Gasteiger partial charge in [-0.2, -0.15) is 0 Å². The SMILES string of the molecule is C/C=C\C=C/c1cnc(COc2ccc(C(=O)O)cc2)n1CCCc1ccccc1.CC. The summed E-state index contributed by atoms with van der Waals surface area (Å²) in [4.78, 5) is 15.5. The minimum Gasteiger partial charge on any atom is -0.486 e. The normalized spacial score (nSPS) is 10.8. The van der Waals surface area contributed by atoms with Crippen molar-refractivity contribution in [2.45, 2.75) is 46.8 Å². The van der Waals surface area contributed by atoms with Gasteiger partial charge in [-0.05, 0) is 55.7 Å². The highest BCUT2D eigenvalue weighted by Gasteiger charge is 2.10. The van der Waals surface area contributed by atoms with E-state index in [1.54, 1.807) is 12.1 Å². The van der Waals surface area contributed by atoms with E-state index in [4.69, 9.17) is 9.84 Å². The molecule has 0 unspecified atom stereocenters. The number of carboxylic acids is 1. The Labute approximate surface area is 190 Å². The van der Waals surface area contributed by atoms with Crippen LogP contribution in [0.3, 0.4) is 0 Å². The smallest absolute Gasteiger partial charge is 0.335 e. The van der Waals surface area contributed by atoms with Gasteiger partial charge in [-0.1, -0.05) is 62.4 Å². The van der Waals surface area contributed by atoms with Crippen LogP contribution in [0.1, 0.15) is 54.6 Å². The fourth-order valence-electron chi connectivity index (χ4n) is 3.13. The molecule has 3 aromatic rings. The van der Waals surface area contributed by atoms with Gasteiger partial charge >= 0.3 is 5.97 Å². The maximum atomic E-state index is 11.0. The molecule has 0 spiro atoms. The first-order chi connectivity index (χ1) is 15.7. The molecule has 1 aromatic heterocycles. The fourth-order valence-corrected chi connectivity index (χ4v) is 3.13. The van der Waals surface area contributed by atoms with Crippen LogP contribution in [-0.2, 0) is 19.6 Å². The standard InChI is InChI=1S/C25H26N2O3.C2H6/c1-2-3-5-12-22-18-26-24(19-30-23-15-13-21(14-16-23)25(28)29)27(22)17-8-11-20-9-6-4-7-10-20;1-2/h2-7,9-10,12-16,18H,8,11,17,19H2,1H3,(H,28,29);1-2H3/b3-2-,12-5-;. The van der Waals surface area contributed by atoms with Crippen molar-refractivity contribution >= 4 is 12.0 Å². The average molecular weight is 433 g/mol. The molecule has 5 nitrogen and oxygen atoms in total. The largest absolute Gasteiger partial charge is 0.486 e. The highest BCUT2D eigenvalue weighted by molar-refractivity contribution is 5.87. The summed E-state index contributed by atoms with van der Waals surface area (Å²) in [6.07, 6.45) is 11.9. The quantitative estimate of drug-likeness (QED) is 0.376. The summed E-state index contributed by atoms with van der Waals surface area (Å²) in [5.41, 5.74) is 2.59. The molecule has 5 heteroatoms. The maximum Gasteiger partial charge on any atom is 0.335 e. The summed E-state index contributed by atoms with van der Waals surface area (Å²) < 4.78 is 8.03. The van der Waals surface area contributed by atoms with Gasteiger partial charge in [0.1, 0.15) is 18.2 Å². The molecule has 1 N–H and O–H groups in total. The second-order valence-corrected chi connectivity index (χ2v) is 6.84. The molecule has 0 saturated carbocycles. The number of aromatic nitrogens is 2. The van der Waals surface area contributed by atoms with Gasteiger partial charge in [0.2, 0.25) is 0 Å². The van der Waals surface area contributed by atoms with E-state index in [9.17, 15) is 4.79 Å². The van der Waals surface area contributed by atoms with Crippen LogP contribution in [0.15, 0.2) is 79.0 Å². The van der Waals surface area contributed by atoms with Crippen molar-refractivity contribution in [1.82, 2.24) is 9.55 Å². The van der Waals surface area contributed by atoms with Gasteiger partial charge in [-0.15, -0.1) is 0 Å². The number of allylic oxidation sites excluding steroid dienone is 3. The molecule has 3 rings (SSSR count). The zero-order valence-corrected chi connectivity index (χ0v) is 19.1. The summed E-state index contributed by atoms with van der Waals surface area (Å²) in [5.74, 6) is 0.503. The average Bonchev–Trinajstić information content (AvgIpc) is 3.21. The van der Waals surface area contributed by atoms with Crippen molar-refractivity contribution in [2.24, 2.45) is 0 Å². The van der Waals surface area contributed by atoms with Gasteiger partial charge in [0, 0.05) is 6.54 Å². The van der Waals surface area contributed by atoms with Crippen LogP contribution in [0.5, 0.6) is 5.75 Å². The number of aryl methyl sites for hydroxylation is 1. The van der Waals surface area contributed by atoms with Crippen molar-refractivity contribution in [3.05, 3.63) is 102 Å². The highest BCUT2D eigenvalue weighted by Crippen LogP contribution is 2.16. The van der Waals surface area contributed by atoms with Gasteiger partial charge in [0.15, 0.2) is 0 Å². The van der Waals surface area contributed by atoms with Gasteiger partial charge in [0.05, 0.1) is 17.5 Å². The molecule has 32 heavy (non-hydrogen) atoms. The third kappa shape index (κ3) is 7.58. The molecule has 0 atom stereocenters. The first-order valence-corrected chi connectivity index (χ1v) is 11.0. The van der Waals surface area contributed by atoms with E-state index >= 15 is 0 Å². The van der Waals surface area contributed by atoms with Crippen LogP contribution in [0.4, 0.5) is 0 Å². The van der Waals surface area contributed by atoms with E-state index in [1.807, 2.05) is 57.3 Å². The number of hydrogen-bond donors (Lipinski definition) is 1. The molecule has 1 heterocycles. The lowest BCUT2D eigenvalue weighted by atomic mass is 10.1.